The second kappa shape index (κ2) is 8.80. The van der Waals surface area contributed by atoms with Gasteiger partial charge in [-0.1, -0.05) is 45.0 Å². The normalized spacial score (nSPS) is 18.2. The molecule has 3 rings (SSSR count). The zero-order valence-electron chi connectivity index (χ0n) is 18.2. The molecule has 0 bridgehead atoms. The highest BCUT2D eigenvalue weighted by molar-refractivity contribution is 7.91. The highest BCUT2D eigenvalue weighted by atomic mass is 32.2. The summed E-state index contributed by atoms with van der Waals surface area (Å²) in [6, 6.07) is 15.0. The van der Waals surface area contributed by atoms with Crippen LogP contribution in [0.4, 0.5) is 0 Å². The number of sulfone groups is 1. The molecule has 2 aromatic rings. The van der Waals surface area contributed by atoms with Crippen molar-refractivity contribution in [1.82, 2.24) is 4.90 Å². The van der Waals surface area contributed by atoms with Gasteiger partial charge < -0.3 is 9.64 Å². The third-order valence-corrected chi connectivity index (χ3v) is 7.25. The first-order valence-electron chi connectivity index (χ1n) is 10.4. The number of ether oxygens (including phenoxy) is 1. The topological polar surface area (TPSA) is 63.7 Å². The Morgan fingerprint density at radius 3 is 2.20 bits per heavy atom. The van der Waals surface area contributed by atoms with Crippen molar-refractivity contribution in [2.24, 2.45) is 0 Å². The van der Waals surface area contributed by atoms with Gasteiger partial charge in [0.15, 0.2) is 9.84 Å². The standard InChI is InChI=1S/C24H31NO4S/c1-5-29-22-12-8-19(9-13-22)23(26)25(21-14-15-30(27,28)17-21)16-18-6-10-20(11-7-18)24(2,3)4/h6-13,21H,5,14-17H2,1-4H3/t21-/m1/s1. The van der Waals surface area contributed by atoms with E-state index in [1.807, 2.05) is 19.1 Å². The molecule has 1 aliphatic heterocycles. The van der Waals surface area contributed by atoms with Crippen molar-refractivity contribution in [1.29, 1.82) is 0 Å². The summed E-state index contributed by atoms with van der Waals surface area (Å²) in [5, 5.41) is 0. The monoisotopic (exact) mass is 429 g/mol. The van der Waals surface area contributed by atoms with Crippen LogP contribution < -0.4 is 4.74 Å². The van der Waals surface area contributed by atoms with Crippen molar-refractivity contribution in [3.05, 3.63) is 65.2 Å². The van der Waals surface area contributed by atoms with Gasteiger partial charge in [0, 0.05) is 18.2 Å². The number of hydrogen-bond donors (Lipinski definition) is 0. The summed E-state index contributed by atoms with van der Waals surface area (Å²) in [6.45, 7) is 9.33. The zero-order chi connectivity index (χ0) is 21.9. The van der Waals surface area contributed by atoms with Crippen LogP contribution in [0.15, 0.2) is 48.5 Å². The molecule has 1 saturated heterocycles. The Bertz CT molecular complexity index is 973. The van der Waals surface area contributed by atoms with Crippen molar-refractivity contribution in [2.75, 3.05) is 18.1 Å². The molecule has 1 amide bonds. The lowest BCUT2D eigenvalue weighted by atomic mass is 9.86. The number of hydrogen-bond acceptors (Lipinski definition) is 4. The SMILES string of the molecule is CCOc1ccc(C(=O)N(Cc2ccc(C(C)(C)C)cc2)[C@@H]2CCS(=O)(=O)C2)cc1. The van der Waals surface area contributed by atoms with Crippen LogP contribution in [0, 0.1) is 0 Å². The second-order valence-electron chi connectivity index (χ2n) is 8.89. The number of carbonyl (C=O) groups is 1. The molecule has 162 valence electrons. The lowest BCUT2D eigenvalue weighted by Crippen LogP contribution is -2.40. The molecule has 1 heterocycles. The van der Waals surface area contributed by atoms with Gasteiger partial charge in [0.1, 0.15) is 5.75 Å². The molecule has 1 atom stereocenters. The Balaban J connectivity index is 1.86. The van der Waals surface area contributed by atoms with Gasteiger partial charge in [0.25, 0.3) is 5.91 Å². The van der Waals surface area contributed by atoms with E-state index < -0.39 is 9.84 Å². The predicted molar refractivity (Wildman–Crippen MR) is 120 cm³/mol. The van der Waals surface area contributed by atoms with Gasteiger partial charge in [0.05, 0.1) is 18.1 Å². The van der Waals surface area contributed by atoms with E-state index in [4.69, 9.17) is 4.74 Å². The Labute approximate surface area is 180 Å². The first kappa shape index (κ1) is 22.3. The molecule has 6 heteroatoms. The van der Waals surface area contributed by atoms with E-state index in [-0.39, 0.29) is 28.9 Å². The fraction of sp³-hybridized carbons (Fsp3) is 0.458. The molecule has 0 saturated carbocycles. The van der Waals surface area contributed by atoms with Gasteiger partial charge >= 0.3 is 0 Å². The maximum atomic E-state index is 13.3. The van der Waals surface area contributed by atoms with Crippen LogP contribution in [0.2, 0.25) is 0 Å². The number of benzene rings is 2. The molecule has 0 unspecified atom stereocenters. The lowest BCUT2D eigenvalue weighted by Gasteiger charge is -2.29. The summed E-state index contributed by atoms with van der Waals surface area (Å²) < 4.78 is 29.6. The van der Waals surface area contributed by atoms with Crippen LogP contribution >= 0.6 is 0 Å². The predicted octanol–water partition coefficient (Wildman–Crippen LogP) is 4.21. The zero-order valence-corrected chi connectivity index (χ0v) is 19.0. The highest BCUT2D eigenvalue weighted by Crippen LogP contribution is 2.26. The van der Waals surface area contributed by atoms with E-state index in [0.29, 0.717) is 30.9 Å². The summed E-state index contributed by atoms with van der Waals surface area (Å²) in [7, 11) is -3.10. The third-order valence-electron chi connectivity index (χ3n) is 5.50. The van der Waals surface area contributed by atoms with Gasteiger partial charge in [-0.25, -0.2) is 8.42 Å². The molecule has 1 aliphatic rings. The van der Waals surface area contributed by atoms with E-state index in [9.17, 15) is 13.2 Å². The number of carbonyl (C=O) groups excluding carboxylic acids is 1. The Kier molecular flexibility index (Phi) is 6.56. The Morgan fingerprint density at radius 1 is 1.07 bits per heavy atom. The average Bonchev–Trinajstić information content (AvgIpc) is 3.05. The molecule has 0 radical (unpaired) electrons. The van der Waals surface area contributed by atoms with Gasteiger partial charge in [-0.2, -0.15) is 0 Å². The molecule has 0 N–H and O–H groups in total. The minimum absolute atomic E-state index is 0.0237. The number of amides is 1. The number of nitrogens with zero attached hydrogens (tertiary/aromatic N) is 1. The fourth-order valence-electron chi connectivity index (χ4n) is 3.72. The smallest absolute Gasteiger partial charge is 0.254 e. The summed E-state index contributed by atoms with van der Waals surface area (Å²) in [4.78, 5) is 15.0. The second-order valence-corrected chi connectivity index (χ2v) is 11.1. The molecule has 30 heavy (non-hydrogen) atoms. The summed E-state index contributed by atoms with van der Waals surface area (Å²) in [6.07, 6.45) is 0.477. The molecule has 5 nitrogen and oxygen atoms in total. The van der Waals surface area contributed by atoms with Crippen molar-refractivity contribution >= 4 is 15.7 Å². The lowest BCUT2D eigenvalue weighted by molar-refractivity contribution is 0.0681. The fourth-order valence-corrected chi connectivity index (χ4v) is 5.45. The maximum Gasteiger partial charge on any atom is 0.254 e. The summed E-state index contributed by atoms with van der Waals surface area (Å²) >= 11 is 0. The first-order valence-corrected chi connectivity index (χ1v) is 12.2. The van der Waals surface area contributed by atoms with Crippen LogP contribution in [0.3, 0.4) is 0 Å². The van der Waals surface area contributed by atoms with Crippen LogP contribution in [-0.2, 0) is 21.8 Å². The van der Waals surface area contributed by atoms with Crippen molar-refractivity contribution in [2.45, 2.75) is 52.1 Å². The van der Waals surface area contributed by atoms with Crippen LogP contribution in [0.5, 0.6) is 5.75 Å². The van der Waals surface area contributed by atoms with E-state index in [1.165, 1.54) is 5.56 Å². The van der Waals surface area contributed by atoms with E-state index >= 15 is 0 Å². The average molecular weight is 430 g/mol. The van der Waals surface area contributed by atoms with Crippen molar-refractivity contribution < 1.29 is 17.9 Å². The van der Waals surface area contributed by atoms with E-state index in [0.717, 1.165) is 5.56 Å². The largest absolute Gasteiger partial charge is 0.494 e. The minimum Gasteiger partial charge on any atom is -0.494 e. The molecular weight excluding hydrogens is 398 g/mol. The first-order chi connectivity index (χ1) is 14.1. The van der Waals surface area contributed by atoms with Crippen molar-refractivity contribution in [3.8, 4) is 5.75 Å². The minimum atomic E-state index is -3.10. The molecule has 0 aromatic heterocycles. The van der Waals surface area contributed by atoms with E-state index in [2.05, 4.69) is 32.9 Å². The molecule has 2 aromatic carbocycles. The van der Waals surface area contributed by atoms with Gasteiger partial charge in [0.2, 0.25) is 0 Å². The quantitative estimate of drug-likeness (QED) is 0.690. The van der Waals surface area contributed by atoms with Gasteiger partial charge in [-0.3, -0.25) is 4.79 Å². The number of rotatable bonds is 6. The van der Waals surface area contributed by atoms with E-state index in [1.54, 1.807) is 29.2 Å². The Hall–Kier alpha value is -2.34. The van der Waals surface area contributed by atoms with Gasteiger partial charge in [-0.15, -0.1) is 0 Å². The summed E-state index contributed by atoms with van der Waals surface area (Å²) in [5.74, 6) is 0.714. The van der Waals surface area contributed by atoms with Crippen LogP contribution in [-0.4, -0.2) is 43.4 Å². The Morgan fingerprint density at radius 2 is 1.70 bits per heavy atom. The molecular formula is C24H31NO4S. The van der Waals surface area contributed by atoms with Crippen molar-refractivity contribution in [3.63, 3.8) is 0 Å². The van der Waals surface area contributed by atoms with Gasteiger partial charge in [-0.05, 0) is 54.2 Å². The molecule has 0 aliphatic carbocycles. The van der Waals surface area contributed by atoms with Crippen LogP contribution in [0.25, 0.3) is 0 Å². The molecule has 0 spiro atoms. The summed E-state index contributed by atoms with van der Waals surface area (Å²) in [5.41, 5.74) is 2.80. The molecule has 1 fully saturated rings. The highest BCUT2D eigenvalue weighted by Gasteiger charge is 2.35. The maximum absolute atomic E-state index is 13.3. The third kappa shape index (κ3) is 5.42. The van der Waals surface area contributed by atoms with Crippen LogP contribution in [0.1, 0.15) is 55.6 Å².